The lowest BCUT2D eigenvalue weighted by Gasteiger charge is -2.06. The van der Waals surface area contributed by atoms with Gasteiger partial charge in [-0.15, -0.1) is 0 Å². The average Bonchev–Trinajstić information content (AvgIpc) is 2.93. The van der Waals surface area contributed by atoms with Gasteiger partial charge < -0.3 is 9.47 Å². The Kier molecular flexibility index (Phi) is 3.48. The number of ether oxygens (including phenoxy) is 2. The first kappa shape index (κ1) is 12.8. The number of rotatable bonds is 3. The molecule has 1 N–H and O–H groups in total. The van der Waals surface area contributed by atoms with Gasteiger partial charge in [-0.1, -0.05) is 23.7 Å². The molecular weight excluding hydrogens is 276 g/mol. The highest BCUT2D eigenvalue weighted by atomic mass is 35.5. The van der Waals surface area contributed by atoms with Gasteiger partial charge in [-0.2, -0.15) is 5.10 Å². The Morgan fingerprint density at radius 2 is 1.95 bits per heavy atom. The first-order chi connectivity index (χ1) is 9.74. The van der Waals surface area contributed by atoms with E-state index < -0.39 is 0 Å². The molecule has 0 bridgehead atoms. The SMILES string of the molecule is C/C(=N/Nc1ccccc1Cl)c1ccc2c(c1)OCO2. The van der Waals surface area contributed by atoms with Crippen molar-refractivity contribution in [2.75, 3.05) is 12.2 Å². The quantitative estimate of drug-likeness (QED) is 0.688. The summed E-state index contributed by atoms with van der Waals surface area (Å²) < 4.78 is 10.6. The highest BCUT2D eigenvalue weighted by Gasteiger charge is 2.13. The number of benzene rings is 2. The lowest BCUT2D eigenvalue weighted by Crippen LogP contribution is -2.00. The molecule has 20 heavy (non-hydrogen) atoms. The van der Waals surface area contributed by atoms with Gasteiger partial charge in [-0.05, 0) is 37.3 Å². The Bertz CT molecular complexity index is 671. The zero-order valence-electron chi connectivity index (χ0n) is 10.9. The number of hydrazone groups is 1. The third kappa shape index (κ3) is 2.56. The number of hydrogen-bond donors (Lipinski definition) is 1. The number of hydrogen-bond acceptors (Lipinski definition) is 4. The van der Waals surface area contributed by atoms with Crippen molar-refractivity contribution in [2.24, 2.45) is 5.10 Å². The summed E-state index contributed by atoms with van der Waals surface area (Å²) in [6.07, 6.45) is 0. The monoisotopic (exact) mass is 288 g/mol. The highest BCUT2D eigenvalue weighted by Crippen LogP contribution is 2.32. The maximum Gasteiger partial charge on any atom is 0.231 e. The molecule has 0 spiro atoms. The van der Waals surface area contributed by atoms with Gasteiger partial charge in [0.25, 0.3) is 0 Å². The Labute approximate surface area is 122 Å². The summed E-state index contributed by atoms with van der Waals surface area (Å²) in [5.74, 6) is 1.51. The molecule has 0 fully saturated rings. The third-order valence-electron chi connectivity index (χ3n) is 3.01. The number of fused-ring (bicyclic) bond motifs is 1. The van der Waals surface area contributed by atoms with Crippen LogP contribution in [-0.4, -0.2) is 12.5 Å². The minimum absolute atomic E-state index is 0.271. The molecule has 1 aliphatic heterocycles. The van der Waals surface area contributed by atoms with Crippen LogP contribution in [0.5, 0.6) is 11.5 Å². The summed E-state index contributed by atoms with van der Waals surface area (Å²) in [5, 5.41) is 4.97. The van der Waals surface area contributed by atoms with Crippen LogP contribution in [0.3, 0.4) is 0 Å². The number of nitrogens with zero attached hydrogens (tertiary/aromatic N) is 1. The fourth-order valence-corrected chi connectivity index (χ4v) is 2.06. The minimum Gasteiger partial charge on any atom is -0.454 e. The van der Waals surface area contributed by atoms with Gasteiger partial charge in [0.05, 0.1) is 16.4 Å². The van der Waals surface area contributed by atoms with Crippen molar-refractivity contribution in [1.29, 1.82) is 0 Å². The van der Waals surface area contributed by atoms with Crippen molar-refractivity contribution in [2.45, 2.75) is 6.92 Å². The third-order valence-corrected chi connectivity index (χ3v) is 3.34. The Morgan fingerprint density at radius 1 is 1.15 bits per heavy atom. The van der Waals surface area contributed by atoms with Gasteiger partial charge in [0, 0.05) is 5.56 Å². The van der Waals surface area contributed by atoms with Crippen LogP contribution < -0.4 is 14.9 Å². The second-order valence-electron chi connectivity index (χ2n) is 4.36. The van der Waals surface area contributed by atoms with E-state index in [0.717, 1.165) is 28.5 Å². The Morgan fingerprint density at radius 3 is 2.80 bits per heavy atom. The number of anilines is 1. The topological polar surface area (TPSA) is 42.9 Å². The molecule has 3 rings (SSSR count). The van der Waals surface area contributed by atoms with Crippen molar-refractivity contribution in [3.8, 4) is 11.5 Å². The van der Waals surface area contributed by atoms with E-state index in [4.69, 9.17) is 21.1 Å². The predicted molar refractivity (Wildman–Crippen MR) is 79.9 cm³/mol. The van der Waals surface area contributed by atoms with Crippen LogP contribution in [0.4, 0.5) is 5.69 Å². The number of nitrogens with one attached hydrogen (secondary N) is 1. The van der Waals surface area contributed by atoms with E-state index in [-0.39, 0.29) is 6.79 Å². The molecule has 0 aliphatic carbocycles. The van der Waals surface area contributed by atoms with Gasteiger partial charge in [0.1, 0.15) is 0 Å². The van der Waals surface area contributed by atoms with E-state index in [1.54, 1.807) is 0 Å². The standard InChI is InChI=1S/C15H13ClN2O2/c1-10(17-18-13-5-3-2-4-12(13)16)11-6-7-14-15(8-11)20-9-19-14/h2-8,18H,9H2,1H3/b17-10-. The fourth-order valence-electron chi connectivity index (χ4n) is 1.88. The van der Waals surface area contributed by atoms with Crippen molar-refractivity contribution < 1.29 is 9.47 Å². The lowest BCUT2D eigenvalue weighted by atomic mass is 10.1. The van der Waals surface area contributed by atoms with Crippen molar-refractivity contribution in [1.82, 2.24) is 0 Å². The summed E-state index contributed by atoms with van der Waals surface area (Å²) in [7, 11) is 0. The predicted octanol–water partition coefficient (Wildman–Crippen LogP) is 3.90. The molecule has 5 heteroatoms. The maximum absolute atomic E-state index is 6.06. The zero-order chi connectivity index (χ0) is 13.9. The summed E-state index contributed by atoms with van der Waals surface area (Å²) in [5.41, 5.74) is 5.54. The van der Waals surface area contributed by atoms with E-state index in [9.17, 15) is 0 Å². The average molecular weight is 289 g/mol. The van der Waals surface area contributed by atoms with Crippen LogP contribution in [-0.2, 0) is 0 Å². The highest BCUT2D eigenvalue weighted by molar-refractivity contribution is 6.33. The van der Waals surface area contributed by atoms with Crippen molar-refractivity contribution in [3.05, 3.63) is 53.1 Å². The minimum atomic E-state index is 0.271. The van der Waals surface area contributed by atoms with E-state index in [2.05, 4.69) is 10.5 Å². The molecule has 1 heterocycles. The van der Waals surface area contributed by atoms with Gasteiger partial charge >= 0.3 is 0 Å². The molecule has 0 saturated heterocycles. The molecule has 1 aliphatic rings. The van der Waals surface area contributed by atoms with Crippen LogP contribution >= 0.6 is 11.6 Å². The van der Waals surface area contributed by atoms with Gasteiger partial charge in [-0.25, -0.2) is 0 Å². The number of para-hydroxylation sites is 1. The molecule has 0 atom stereocenters. The molecule has 4 nitrogen and oxygen atoms in total. The van der Waals surface area contributed by atoms with Gasteiger partial charge in [0.15, 0.2) is 11.5 Å². The van der Waals surface area contributed by atoms with E-state index in [0.29, 0.717) is 5.02 Å². The smallest absolute Gasteiger partial charge is 0.231 e. The molecule has 0 aromatic heterocycles. The summed E-state index contributed by atoms with van der Waals surface area (Å²) in [4.78, 5) is 0. The molecule has 0 radical (unpaired) electrons. The summed E-state index contributed by atoms with van der Waals surface area (Å²) in [6, 6.07) is 13.2. The molecule has 2 aromatic rings. The van der Waals surface area contributed by atoms with Crippen molar-refractivity contribution >= 4 is 23.0 Å². The lowest BCUT2D eigenvalue weighted by molar-refractivity contribution is 0.174. The normalized spacial score (nSPS) is 13.4. The fraction of sp³-hybridized carbons (Fsp3) is 0.133. The van der Waals surface area contributed by atoms with E-state index >= 15 is 0 Å². The van der Waals surface area contributed by atoms with Crippen LogP contribution in [0, 0.1) is 0 Å². The Balaban J connectivity index is 1.80. The summed E-state index contributed by atoms with van der Waals surface area (Å²) in [6.45, 7) is 2.19. The molecule has 0 unspecified atom stereocenters. The van der Waals surface area contributed by atoms with Crippen LogP contribution in [0.1, 0.15) is 12.5 Å². The second kappa shape index (κ2) is 5.43. The summed E-state index contributed by atoms with van der Waals surface area (Å²) >= 11 is 6.06. The molecule has 102 valence electrons. The van der Waals surface area contributed by atoms with Crippen LogP contribution in [0.2, 0.25) is 5.02 Å². The number of halogens is 1. The molecular formula is C15H13ClN2O2. The second-order valence-corrected chi connectivity index (χ2v) is 4.76. The first-order valence-corrected chi connectivity index (χ1v) is 6.57. The first-order valence-electron chi connectivity index (χ1n) is 6.19. The maximum atomic E-state index is 6.06. The Hall–Kier alpha value is -2.20. The zero-order valence-corrected chi connectivity index (χ0v) is 11.6. The largest absolute Gasteiger partial charge is 0.454 e. The van der Waals surface area contributed by atoms with E-state index in [1.807, 2.05) is 49.4 Å². The van der Waals surface area contributed by atoms with Crippen LogP contribution in [0.25, 0.3) is 0 Å². The van der Waals surface area contributed by atoms with Crippen LogP contribution in [0.15, 0.2) is 47.6 Å². The van der Waals surface area contributed by atoms with Crippen molar-refractivity contribution in [3.63, 3.8) is 0 Å². The van der Waals surface area contributed by atoms with Gasteiger partial charge in [0.2, 0.25) is 6.79 Å². The molecule has 2 aromatic carbocycles. The molecule has 0 saturated carbocycles. The molecule has 0 amide bonds. The van der Waals surface area contributed by atoms with Gasteiger partial charge in [-0.3, -0.25) is 5.43 Å². The van der Waals surface area contributed by atoms with E-state index in [1.165, 1.54) is 0 Å².